The zero-order valence-corrected chi connectivity index (χ0v) is 9.36. The molecule has 0 fully saturated rings. The molecule has 0 saturated heterocycles. The largest absolute Gasteiger partial charge is 2.00 e. The van der Waals surface area contributed by atoms with Crippen LogP contribution >= 0.6 is 0 Å². The van der Waals surface area contributed by atoms with Crippen molar-refractivity contribution in [1.82, 2.24) is 0 Å². The molecule has 8 heavy (non-hydrogen) atoms. The van der Waals surface area contributed by atoms with Crippen molar-refractivity contribution >= 4 is 23.1 Å². The molecular weight excluding hydrogens is 223 g/mol. The number of halogens is 1. The van der Waals surface area contributed by atoms with Crippen LogP contribution in [0.15, 0.2) is 0 Å². The molecule has 0 aromatic carbocycles. The molecule has 0 amide bonds. The second kappa shape index (κ2) is 11.3. The van der Waals surface area contributed by atoms with Gasteiger partial charge in [0, 0.05) is 0 Å². The Labute approximate surface area is 86.0 Å². The first kappa shape index (κ1) is 16.2. The van der Waals surface area contributed by atoms with Gasteiger partial charge in [-0.1, -0.05) is 26.2 Å². The summed E-state index contributed by atoms with van der Waals surface area (Å²) in [5.74, 6) is 0.824. The van der Waals surface area contributed by atoms with E-state index in [-0.39, 0.29) is 47.0 Å². The monoisotopic (exact) mass is 236 g/mol. The van der Waals surface area contributed by atoms with E-state index in [1.165, 1.54) is 6.42 Å². The van der Waals surface area contributed by atoms with E-state index in [9.17, 15) is 0 Å². The topological polar surface area (TPSA) is 0 Å². The van der Waals surface area contributed by atoms with E-state index < -0.39 is 0 Å². The summed E-state index contributed by atoms with van der Waals surface area (Å²) in [7, 11) is 0. The molecule has 0 saturated carbocycles. The first-order valence-electron chi connectivity index (χ1n) is 2.60. The molecule has 2 heteroatoms. The number of hydrogen-bond donors (Lipinski definition) is 0. The molecular formula is C6H13IMg. The predicted octanol–water partition coefficient (Wildman–Crippen LogP) is -1.12. The molecule has 0 heterocycles. The van der Waals surface area contributed by atoms with Gasteiger partial charge in [-0.25, -0.2) is 0 Å². The third-order valence-electron chi connectivity index (χ3n) is 1.19. The first-order chi connectivity index (χ1) is 2.81. The van der Waals surface area contributed by atoms with E-state index in [1.807, 2.05) is 0 Å². The SMILES string of the molecule is [CH2-]CC(C)CC.[I-].[Mg+2]. The van der Waals surface area contributed by atoms with Crippen molar-refractivity contribution in [3.8, 4) is 0 Å². The molecule has 0 aromatic heterocycles. The molecule has 46 valence electrons. The van der Waals surface area contributed by atoms with Crippen LogP contribution in [0.2, 0.25) is 0 Å². The number of hydrogen-bond acceptors (Lipinski definition) is 0. The van der Waals surface area contributed by atoms with Crippen molar-refractivity contribution in [2.24, 2.45) is 5.92 Å². The van der Waals surface area contributed by atoms with Gasteiger partial charge >= 0.3 is 23.1 Å². The zero-order valence-electron chi connectivity index (χ0n) is 5.78. The van der Waals surface area contributed by atoms with Crippen LogP contribution in [0.1, 0.15) is 26.7 Å². The van der Waals surface area contributed by atoms with Gasteiger partial charge in [-0.05, 0) is 0 Å². The van der Waals surface area contributed by atoms with Gasteiger partial charge < -0.3 is 30.9 Å². The van der Waals surface area contributed by atoms with E-state index in [1.54, 1.807) is 0 Å². The minimum absolute atomic E-state index is 0. The maximum Gasteiger partial charge on any atom is 2.00 e. The van der Waals surface area contributed by atoms with Gasteiger partial charge in [-0.2, -0.15) is 6.42 Å². The summed E-state index contributed by atoms with van der Waals surface area (Å²) in [4.78, 5) is 0. The molecule has 0 aliphatic heterocycles. The summed E-state index contributed by atoms with van der Waals surface area (Å²) >= 11 is 0. The second-order valence-corrected chi connectivity index (χ2v) is 1.80. The molecule has 0 aliphatic carbocycles. The van der Waals surface area contributed by atoms with Gasteiger partial charge in [-0.15, -0.1) is 0 Å². The van der Waals surface area contributed by atoms with Gasteiger partial charge in [0.05, 0.1) is 0 Å². The molecule has 0 spiro atoms. The summed E-state index contributed by atoms with van der Waals surface area (Å²) in [6.07, 6.45) is 2.35. The summed E-state index contributed by atoms with van der Waals surface area (Å²) in [6.45, 7) is 8.16. The first-order valence-corrected chi connectivity index (χ1v) is 2.60. The number of rotatable bonds is 2. The molecule has 0 nitrogen and oxygen atoms in total. The van der Waals surface area contributed by atoms with E-state index in [0.29, 0.717) is 0 Å². The molecule has 0 aliphatic rings. The summed E-state index contributed by atoms with van der Waals surface area (Å²) in [5, 5.41) is 0. The normalized spacial score (nSPS) is 10.9. The molecule has 0 aromatic rings. The Morgan fingerprint density at radius 2 is 1.88 bits per heavy atom. The van der Waals surface area contributed by atoms with Crippen molar-refractivity contribution < 1.29 is 24.0 Å². The van der Waals surface area contributed by atoms with Crippen molar-refractivity contribution in [2.45, 2.75) is 26.7 Å². The fourth-order valence-corrected chi connectivity index (χ4v) is 0.204. The maximum atomic E-state index is 3.76. The van der Waals surface area contributed by atoms with Crippen LogP contribution < -0.4 is 24.0 Å². The Bertz CT molecular complexity index is 27.7. The quantitative estimate of drug-likeness (QED) is 0.324. The van der Waals surface area contributed by atoms with Gasteiger partial charge in [0.25, 0.3) is 0 Å². The minimum Gasteiger partial charge on any atom is -1.00 e. The average Bonchev–Trinajstić information content (AvgIpc) is 1.65. The third-order valence-corrected chi connectivity index (χ3v) is 1.19. The zero-order chi connectivity index (χ0) is 4.99. The molecule has 0 rings (SSSR count). The Kier molecular flexibility index (Phi) is 23.0. The van der Waals surface area contributed by atoms with E-state index in [4.69, 9.17) is 0 Å². The summed E-state index contributed by atoms with van der Waals surface area (Å²) in [6, 6.07) is 0. The average molecular weight is 236 g/mol. The minimum atomic E-state index is 0. The Morgan fingerprint density at radius 1 is 1.50 bits per heavy atom. The Morgan fingerprint density at radius 3 is 1.88 bits per heavy atom. The summed E-state index contributed by atoms with van der Waals surface area (Å²) in [5.41, 5.74) is 0. The Balaban J connectivity index is -0.000000125. The van der Waals surface area contributed by atoms with Crippen molar-refractivity contribution in [1.29, 1.82) is 0 Å². The van der Waals surface area contributed by atoms with Crippen LogP contribution in [0.5, 0.6) is 0 Å². The van der Waals surface area contributed by atoms with E-state index in [0.717, 1.165) is 12.3 Å². The van der Waals surface area contributed by atoms with Crippen LogP contribution in [-0.2, 0) is 0 Å². The van der Waals surface area contributed by atoms with Gasteiger partial charge in [-0.3, -0.25) is 0 Å². The van der Waals surface area contributed by atoms with Crippen molar-refractivity contribution in [3.63, 3.8) is 0 Å². The molecule has 0 N–H and O–H groups in total. The molecule has 0 bridgehead atoms. The van der Waals surface area contributed by atoms with Crippen molar-refractivity contribution in [3.05, 3.63) is 6.92 Å². The molecule has 1 unspecified atom stereocenters. The summed E-state index contributed by atoms with van der Waals surface area (Å²) < 4.78 is 0. The molecule has 1 atom stereocenters. The Hall–Kier alpha value is 1.50. The smallest absolute Gasteiger partial charge is 1.00 e. The van der Waals surface area contributed by atoms with Crippen LogP contribution in [0.25, 0.3) is 0 Å². The van der Waals surface area contributed by atoms with Crippen LogP contribution in [-0.4, -0.2) is 23.1 Å². The van der Waals surface area contributed by atoms with Gasteiger partial charge in [0.15, 0.2) is 0 Å². The second-order valence-electron chi connectivity index (χ2n) is 1.80. The van der Waals surface area contributed by atoms with Crippen molar-refractivity contribution in [2.75, 3.05) is 0 Å². The fraction of sp³-hybridized carbons (Fsp3) is 0.833. The standard InChI is InChI=1S/C6H13.HI.Mg/c1-4-6(3)5-2;;/h6H,1,4-5H2,2-3H3;1H;/q-1;;+2/p-1. The van der Waals surface area contributed by atoms with Crippen LogP contribution in [0, 0.1) is 12.8 Å². The fourth-order valence-electron chi connectivity index (χ4n) is 0.204. The maximum absolute atomic E-state index is 3.76. The van der Waals surface area contributed by atoms with E-state index in [2.05, 4.69) is 20.8 Å². The van der Waals surface area contributed by atoms with E-state index >= 15 is 0 Å². The molecule has 0 radical (unpaired) electrons. The van der Waals surface area contributed by atoms with Gasteiger partial charge in [0.1, 0.15) is 0 Å². The van der Waals surface area contributed by atoms with Crippen LogP contribution in [0.4, 0.5) is 0 Å². The third kappa shape index (κ3) is 10.5. The predicted molar refractivity (Wildman–Crippen MR) is 35.2 cm³/mol. The van der Waals surface area contributed by atoms with Crippen LogP contribution in [0.3, 0.4) is 0 Å². The van der Waals surface area contributed by atoms with Gasteiger partial charge in [0.2, 0.25) is 0 Å².